The number of hydrogen-bond donors (Lipinski definition) is 1. The second kappa shape index (κ2) is 8.01. The molecule has 1 atom stereocenters. The van der Waals surface area contributed by atoms with E-state index in [2.05, 4.69) is 5.32 Å². The predicted octanol–water partition coefficient (Wildman–Crippen LogP) is 1.91. The number of carbonyl (C=O) groups is 1. The molecule has 1 aromatic carbocycles. The van der Waals surface area contributed by atoms with Gasteiger partial charge in [0.2, 0.25) is 15.9 Å². The molecular formula is C13H18Cl2N2O4S. The summed E-state index contributed by atoms with van der Waals surface area (Å²) < 4.78 is 29.7. The maximum absolute atomic E-state index is 12.0. The summed E-state index contributed by atoms with van der Waals surface area (Å²) in [4.78, 5) is 12.0. The lowest BCUT2D eigenvalue weighted by Crippen LogP contribution is -2.44. The Balaban J connectivity index is 3.01. The van der Waals surface area contributed by atoms with Crippen LogP contribution in [0.4, 0.5) is 5.69 Å². The zero-order valence-corrected chi connectivity index (χ0v) is 14.8. The molecular weight excluding hydrogens is 351 g/mol. The highest BCUT2D eigenvalue weighted by Crippen LogP contribution is 2.33. The molecule has 0 radical (unpaired) electrons. The van der Waals surface area contributed by atoms with E-state index in [1.165, 1.54) is 19.2 Å². The number of methoxy groups -OCH3 is 1. The van der Waals surface area contributed by atoms with Crippen LogP contribution >= 0.6 is 23.2 Å². The number of amides is 1. The Hall–Kier alpha value is -1.02. The number of ether oxygens (including phenoxy) is 1. The first-order chi connectivity index (χ1) is 10.2. The maximum atomic E-state index is 12.0. The summed E-state index contributed by atoms with van der Waals surface area (Å²) in [5, 5.41) is 2.93. The van der Waals surface area contributed by atoms with Crippen molar-refractivity contribution >= 4 is 44.8 Å². The molecule has 0 aliphatic heterocycles. The Labute approximate surface area is 140 Å². The lowest BCUT2D eigenvalue weighted by Gasteiger charge is -2.24. The minimum Gasteiger partial charge on any atom is -0.383 e. The molecule has 1 amide bonds. The van der Waals surface area contributed by atoms with Crippen molar-refractivity contribution < 1.29 is 17.9 Å². The molecule has 0 aliphatic rings. The van der Waals surface area contributed by atoms with Gasteiger partial charge in [-0.25, -0.2) is 8.42 Å². The normalized spacial score (nSPS) is 12.8. The highest BCUT2D eigenvalue weighted by molar-refractivity contribution is 7.92. The van der Waals surface area contributed by atoms with Crippen molar-refractivity contribution in [2.45, 2.75) is 13.0 Å². The smallest absolute Gasteiger partial charge is 0.241 e. The van der Waals surface area contributed by atoms with Crippen molar-refractivity contribution in [1.82, 2.24) is 5.32 Å². The number of anilines is 1. The summed E-state index contributed by atoms with van der Waals surface area (Å²) in [5.41, 5.74) is 0.159. The van der Waals surface area contributed by atoms with Crippen molar-refractivity contribution in [2.24, 2.45) is 0 Å². The van der Waals surface area contributed by atoms with Crippen LogP contribution in [0.1, 0.15) is 6.92 Å². The first-order valence-corrected chi connectivity index (χ1v) is 8.97. The fourth-order valence-electron chi connectivity index (χ4n) is 1.81. The molecule has 1 aromatic rings. The van der Waals surface area contributed by atoms with Gasteiger partial charge in [0.15, 0.2) is 0 Å². The Morgan fingerprint density at radius 3 is 2.59 bits per heavy atom. The quantitative estimate of drug-likeness (QED) is 0.797. The predicted molar refractivity (Wildman–Crippen MR) is 88.1 cm³/mol. The third-order valence-electron chi connectivity index (χ3n) is 2.71. The summed E-state index contributed by atoms with van der Waals surface area (Å²) in [6, 6.07) is 4.34. The number of rotatable bonds is 7. The van der Waals surface area contributed by atoms with Crippen molar-refractivity contribution in [2.75, 3.05) is 30.8 Å². The van der Waals surface area contributed by atoms with Crippen LogP contribution < -0.4 is 9.62 Å². The number of nitrogens with one attached hydrogen (secondary N) is 1. The molecule has 1 unspecified atom stereocenters. The van der Waals surface area contributed by atoms with Gasteiger partial charge in [-0.05, 0) is 19.1 Å². The molecule has 1 rings (SSSR count). The van der Waals surface area contributed by atoms with Gasteiger partial charge in [0.05, 0.1) is 28.6 Å². The van der Waals surface area contributed by atoms with Crippen molar-refractivity contribution in [3.8, 4) is 0 Å². The molecule has 0 spiro atoms. The van der Waals surface area contributed by atoms with E-state index < -0.39 is 22.5 Å². The standard InChI is InChI=1S/C13H18Cl2N2O4S/c1-9(8-21-2)16-12(18)7-17(22(3,19)20)11-6-4-5-10(14)13(11)15/h4-6,9H,7-8H2,1-3H3,(H,16,18). The van der Waals surface area contributed by atoms with Gasteiger partial charge in [-0.15, -0.1) is 0 Å². The van der Waals surface area contributed by atoms with Gasteiger partial charge in [-0.2, -0.15) is 0 Å². The molecule has 0 aromatic heterocycles. The Bertz CT molecular complexity index is 637. The van der Waals surface area contributed by atoms with E-state index >= 15 is 0 Å². The van der Waals surface area contributed by atoms with Gasteiger partial charge in [-0.3, -0.25) is 9.10 Å². The largest absolute Gasteiger partial charge is 0.383 e. The third-order valence-corrected chi connectivity index (χ3v) is 4.65. The van der Waals surface area contributed by atoms with Crippen LogP contribution in [-0.4, -0.2) is 46.9 Å². The lowest BCUT2D eigenvalue weighted by atomic mass is 10.3. The van der Waals surface area contributed by atoms with Crippen molar-refractivity contribution in [3.63, 3.8) is 0 Å². The fourth-order valence-corrected chi connectivity index (χ4v) is 3.12. The summed E-state index contributed by atoms with van der Waals surface area (Å²) in [6.07, 6.45) is 0.996. The second-order valence-corrected chi connectivity index (χ2v) is 7.46. The van der Waals surface area contributed by atoms with E-state index in [-0.39, 0.29) is 21.8 Å². The molecule has 6 nitrogen and oxygen atoms in total. The molecule has 1 N–H and O–H groups in total. The Morgan fingerprint density at radius 2 is 2.05 bits per heavy atom. The molecule has 0 bridgehead atoms. The first kappa shape index (κ1) is 19.0. The van der Waals surface area contributed by atoms with Gasteiger partial charge in [0, 0.05) is 13.2 Å². The van der Waals surface area contributed by atoms with Crippen LogP contribution in [0.2, 0.25) is 10.0 Å². The molecule has 0 saturated heterocycles. The Kier molecular flexibility index (Phi) is 6.93. The van der Waals surface area contributed by atoms with Crippen molar-refractivity contribution in [1.29, 1.82) is 0 Å². The van der Waals surface area contributed by atoms with Gasteiger partial charge < -0.3 is 10.1 Å². The third kappa shape index (κ3) is 5.31. The van der Waals surface area contributed by atoms with Crippen LogP contribution in [-0.2, 0) is 19.6 Å². The number of hydrogen-bond acceptors (Lipinski definition) is 4. The SMILES string of the molecule is COCC(C)NC(=O)CN(c1cccc(Cl)c1Cl)S(C)(=O)=O. The van der Waals surface area contributed by atoms with Crippen LogP contribution in [0.5, 0.6) is 0 Å². The van der Waals surface area contributed by atoms with Gasteiger partial charge in [0.1, 0.15) is 6.54 Å². The molecule has 0 heterocycles. The van der Waals surface area contributed by atoms with E-state index in [1.54, 1.807) is 13.0 Å². The number of carbonyl (C=O) groups excluding carboxylic acids is 1. The number of halogens is 2. The van der Waals surface area contributed by atoms with Gasteiger partial charge >= 0.3 is 0 Å². The maximum Gasteiger partial charge on any atom is 0.241 e. The van der Waals surface area contributed by atoms with Crippen LogP contribution in [0.25, 0.3) is 0 Å². The molecule has 9 heteroatoms. The van der Waals surface area contributed by atoms with E-state index in [1.807, 2.05) is 0 Å². The zero-order valence-electron chi connectivity index (χ0n) is 12.5. The molecule has 124 valence electrons. The zero-order chi connectivity index (χ0) is 16.9. The summed E-state index contributed by atoms with van der Waals surface area (Å²) in [6.45, 7) is 1.67. The van der Waals surface area contributed by atoms with E-state index in [0.717, 1.165) is 10.6 Å². The lowest BCUT2D eigenvalue weighted by molar-refractivity contribution is -0.120. The molecule has 0 aliphatic carbocycles. The molecule has 0 saturated carbocycles. The highest BCUT2D eigenvalue weighted by atomic mass is 35.5. The van der Waals surface area contributed by atoms with E-state index in [4.69, 9.17) is 27.9 Å². The number of nitrogens with zero attached hydrogens (tertiary/aromatic N) is 1. The van der Waals surface area contributed by atoms with Gasteiger partial charge in [-0.1, -0.05) is 29.3 Å². The summed E-state index contributed by atoms with van der Waals surface area (Å²) in [7, 11) is -2.19. The van der Waals surface area contributed by atoms with Crippen LogP contribution in [0, 0.1) is 0 Å². The summed E-state index contributed by atoms with van der Waals surface area (Å²) in [5.74, 6) is -0.467. The minimum atomic E-state index is -3.70. The Morgan fingerprint density at radius 1 is 1.41 bits per heavy atom. The minimum absolute atomic E-state index is 0.0762. The highest BCUT2D eigenvalue weighted by Gasteiger charge is 2.24. The van der Waals surface area contributed by atoms with E-state index in [9.17, 15) is 13.2 Å². The first-order valence-electron chi connectivity index (χ1n) is 6.36. The molecule has 0 fully saturated rings. The topological polar surface area (TPSA) is 75.7 Å². The second-order valence-electron chi connectivity index (χ2n) is 4.77. The summed E-state index contributed by atoms with van der Waals surface area (Å²) >= 11 is 11.9. The average molecular weight is 369 g/mol. The van der Waals surface area contributed by atoms with Crippen LogP contribution in [0.15, 0.2) is 18.2 Å². The molecule has 22 heavy (non-hydrogen) atoms. The van der Waals surface area contributed by atoms with Crippen LogP contribution in [0.3, 0.4) is 0 Å². The number of benzene rings is 1. The average Bonchev–Trinajstić information content (AvgIpc) is 2.38. The van der Waals surface area contributed by atoms with E-state index in [0.29, 0.717) is 6.61 Å². The number of sulfonamides is 1. The monoisotopic (exact) mass is 368 g/mol. The van der Waals surface area contributed by atoms with Crippen molar-refractivity contribution in [3.05, 3.63) is 28.2 Å². The van der Waals surface area contributed by atoms with Gasteiger partial charge in [0.25, 0.3) is 0 Å². The fraction of sp³-hybridized carbons (Fsp3) is 0.462.